The number of likely N-dealkylation sites (tertiary alicyclic amines) is 1. The Kier molecular flexibility index (Phi) is 6.51. The topological polar surface area (TPSA) is 62.6 Å². The van der Waals surface area contributed by atoms with Crippen LogP contribution in [-0.2, 0) is 16.1 Å². The monoisotopic (exact) mass is 439 g/mol. The van der Waals surface area contributed by atoms with E-state index < -0.39 is 0 Å². The van der Waals surface area contributed by atoms with Gasteiger partial charge in [0.25, 0.3) is 11.1 Å². The lowest BCUT2D eigenvalue weighted by atomic mass is 10.1. The van der Waals surface area contributed by atoms with E-state index in [1.54, 1.807) is 6.08 Å². The Bertz CT molecular complexity index is 1030. The van der Waals surface area contributed by atoms with Gasteiger partial charge in [0.05, 0.1) is 4.91 Å². The summed E-state index contributed by atoms with van der Waals surface area (Å²) in [4.78, 5) is 41.7. The highest BCUT2D eigenvalue weighted by Crippen LogP contribution is 2.34. The molecule has 164 valence electrons. The van der Waals surface area contributed by atoms with Crippen LogP contribution in [0.5, 0.6) is 0 Å². The van der Waals surface area contributed by atoms with Crippen molar-refractivity contribution in [3.8, 4) is 0 Å². The lowest BCUT2D eigenvalue weighted by Gasteiger charge is -2.20. The Hall–Kier alpha value is -2.54. The van der Waals surface area contributed by atoms with Crippen LogP contribution in [0.25, 0.3) is 17.0 Å². The Labute approximate surface area is 187 Å². The van der Waals surface area contributed by atoms with Crippen molar-refractivity contribution in [3.05, 3.63) is 40.9 Å². The molecule has 0 radical (unpaired) electrons. The van der Waals surface area contributed by atoms with E-state index in [0.29, 0.717) is 11.4 Å². The molecule has 2 aromatic rings. The third kappa shape index (κ3) is 4.71. The molecule has 3 heterocycles. The Morgan fingerprint density at radius 1 is 1.10 bits per heavy atom. The average molecular weight is 440 g/mol. The second-order valence-electron chi connectivity index (χ2n) is 8.71. The molecule has 4 rings (SSSR count). The molecule has 2 saturated heterocycles. The Morgan fingerprint density at radius 3 is 2.52 bits per heavy atom. The number of imide groups is 1. The van der Waals surface area contributed by atoms with Gasteiger partial charge in [0.1, 0.15) is 6.54 Å². The molecule has 2 aliphatic heterocycles. The number of benzene rings is 1. The first-order valence-corrected chi connectivity index (χ1v) is 11.9. The van der Waals surface area contributed by atoms with Gasteiger partial charge in [0, 0.05) is 42.3 Å². The van der Waals surface area contributed by atoms with E-state index in [9.17, 15) is 14.4 Å². The number of amides is 3. The van der Waals surface area contributed by atoms with Gasteiger partial charge in [-0.05, 0) is 42.7 Å². The lowest BCUT2D eigenvalue weighted by Crippen LogP contribution is -2.34. The summed E-state index contributed by atoms with van der Waals surface area (Å²) in [7, 11) is 0. The zero-order valence-corrected chi connectivity index (χ0v) is 19.0. The molecule has 0 saturated carbocycles. The van der Waals surface area contributed by atoms with Crippen LogP contribution in [-0.4, -0.2) is 51.1 Å². The maximum atomic E-state index is 12.9. The minimum atomic E-state index is -0.235. The summed E-state index contributed by atoms with van der Waals surface area (Å²) >= 11 is 0.989. The molecule has 1 aromatic carbocycles. The van der Waals surface area contributed by atoms with E-state index in [2.05, 4.69) is 0 Å². The first-order valence-electron chi connectivity index (χ1n) is 11.0. The molecular weight excluding hydrogens is 410 g/mol. The van der Waals surface area contributed by atoms with Gasteiger partial charge in [0.15, 0.2) is 0 Å². The molecule has 0 aliphatic carbocycles. The summed E-state index contributed by atoms with van der Waals surface area (Å²) in [6.45, 7) is 6.34. The van der Waals surface area contributed by atoms with E-state index in [1.807, 2.05) is 53.8 Å². The van der Waals surface area contributed by atoms with Crippen molar-refractivity contribution in [1.29, 1.82) is 0 Å². The summed E-state index contributed by atoms with van der Waals surface area (Å²) in [6, 6.07) is 7.89. The zero-order chi connectivity index (χ0) is 22.0. The van der Waals surface area contributed by atoms with Crippen molar-refractivity contribution < 1.29 is 14.4 Å². The number of nitrogens with zero attached hydrogens (tertiary/aromatic N) is 3. The van der Waals surface area contributed by atoms with Gasteiger partial charge in [-0.3, -0.25) is 19.3 Å². The molecule has 0 atom stereocenters. The normalized spacial score (nSPS) is 19.1. The van der Waals surface area contributed by atoms with Crippen LogP contribution in [0.15, 0.2) is 35.4 Å². The second-order valence-corrected chi connectivity index (χ2v) is 9.70. The summed E-state index contributed by atoms with van der Waals surface area (Å²) in [5, 5.41) is 0.756. The summed E-state index contributed by atoms with van der Waals surface area (Å²) in [5.41, 5.74) is 1.81. The number of hydrogen-bond acceptors (Lipinski definition) is 4. The predicted molar refractivity (Wildman–Crippen MR) is 125 cm³/mol. The maximum absolute atomic E-state index is 12.9. The Morgan fingerprint density at radius 2 is 1.81 bits per heavy atom. The third-order valence-electron chi connectivity index (χ3n) is 5.79. The van der Waals surface area contributed by atoms with E-state index in [-0.39, 0.29) is 29.5 Å². The van der Waals surface area contributed by atoms with Crippen molar-refractivity contribution in [2.45, 2.75) is 46.1 Å². The van der Waals surface area contributed by atoms with Crippen molar-refractivity contribution in [2.75, 3.05) is 19.6 Å². The first kappa shape index (κ1) is 21.7. The van der Waals surface area contributed by atoms with Gasteiger partial charge >= 0.3 is 0 Å². The van der Waals surface area contributed by atoms with Gasteiger partial charge in [-0.2, -0.15) is 0 Å². The highest BCUT2D eigenvalue weighted by molar-refractivity contribution is 8.18. The van der Waals surface area contributed by atoms with Gasteiger partial charge in [-0.15, -0.1) is 0 Å². The largest absolute Gasteiger partial charge is 0.341 e. The predicted octanol–water partition coefficient (Wildman–Crippen LogP) is 4.74. The molecule has 6 nitrogen and oxygen atoms in total. The fraction of sp³-hybridized carbons (Fsp3) is 0.458. The van der Waals surface area contributed by atoms with Crippen LogP contribution in [0.3, 0.4) is 0 Å². The maximum Gasteiger partial charge on any atom is 0.293 e. The number of carbonyl (C=O) groups excluding carboxylic acids is 3. The molecule has 0 N–H and O–H groups in total. The summed E-state index contributed by atoms with van der Waals surface area (Å²) in [5.74, 6) is 0.118. The molecule has 0 spiro atoms. The summed E-state index contributed by atoms with van der Waals surface area (Å²) < 4.78 is 1.97. The van der Waals surface area contributed by atoms with Crippen LogP contribution in [0.4, 0.5) is 4.79 Å². The number of carbonyl (C=O) groups is 3. The smallest absolute Gasteiger partial charge is 0.293 e. The van der Waals surface area contributed by atoms with E-state index >= 15 is 0 Å². The number of aromatic nitrogens is 1. The number of thioether (sulfide) groups is 1. The van der Waals surface area contributed by atoms with Gasteiger partial charge in [-0.25, -0.2) is 0 Å². The van der Waals surface area contributed by atoms with Crippen molar-refractivity contribution in [2.24, 2.45) is 5.92 Å². The highest BCUT2D eigenvalue weighted by atomic mass is 32.2. The molecule has 0 bridgehead atoms. The Balaban J connectivity index is 1.61. The standard InChI is InChI=1S/C24H29N3O3S/c1-17(2)14-27-23(29)21(31-24(27)30)13-18-15-26(20-10-6-5-9-19(18)20)16-22(28)25-11-7-3-4-8-12-25/h5-6,9-10,13,15,17H,3-4,7-8,11-12,14,16H2,1-2H3/b21-13-. The van der Waals surface area contributed by atoms with Crippen LogP contribution in [0, 0.1) is 5.92 Å². The van der Waals surface area contributed by atoms with Gasteiger partial charge in [0.2, 0.25) is 5.91 Å². The average Bonchev–Trinajstić information content (AvgIpc) is 3.06. The van der Waals surface area contributed by atoms with Crippen molar-refractivity contribution in [1.82, 2.24) is 14.4 Å². The lowest BCUT2D eigenvalue weighted by molar-refractivity contribution is -0.131. The third-order valence-corrected chi connectivity index (χ3v) is 6.70. The van der Waals surface area contributed by atoms with Crippen LogP contribution in [0.2, 0.25) is 0 Å². The molecule has 7 heteroatoms. The SMILES string of the molecule is CC(C)CN1C(=O)S/C(=C\c2cn(CC(=O)N3CCCCCC3)c3ccccc23)C1=O. The minimum Gasteiger partial charge on any atom is -0.341 e. The molecular formula is C24H29N3O3S. The number of rotatable bonds is 5. The van der Waals surface area contributed by atoms with Crippen LogP contribution < -0.4 is 0 Å². The molecule has 3 amide bonds. The van der Waals surface area contributed by atoms with Crippen molar-refractivity contribution in [3.63, 3.8) is 0 Å². The number of hydrogen-bond donors (Lipinski definition) is 0. The number of para-hydroxylation sites is 1. The molecule has 0 unspecified atom stereocenters. The number of fused-ring (bicyclic) bond motifs is 1. The highest BCUT2D eigenvalue weighted by Gasteiger charge is 2.35. The first-order chi connectivity index (χ1) is 14.9. The fourth-order valence-corrected chi connectivity index (χ4v) is 5.09. The van der Waals surface area contributed by atoms with E-state index in [1.165, 1.54) is 17.7 Å². The molecule has 31 heavy (non-hydrogen) atoms. The van der Waals surface area contributed by atoms with Crippen LogP contribution >= 0.6 is 11.8 Å². The van der Waals surface area contributed by atoms with Crippen LogP contribution in [0.1, 0.15) is 45.1 Å². The minimum absolute atomic E-state index is 0.131. The molecule has 1 aromatic heterocycles. The van der Waals surface area contributed by atoms with Crippen molar-refractivity contribution >= 4 is 45.8 Å². The van der Waals surface area contributed by atoms with Gasteiger partial charge < -0.3 is 9.47 Å². The fourth-order valence-electron chi connectivity index (χ4n) is 4.25. The second kappa shape index (κ2) is 9.30. The zero-order valence-electron chi connectivity index (χ0n) is 18.2. The quantitative estimate of drug-likeness (QED) is 0.632. The van der Waals surface area contributed by atoms with E-state index in [0.717, 1.165) is 54.2 Å². The van der Waals surface area contributed by atoms with Gasteiger partial charge in [-0.1, -0.05) is 44.9 Å². The van der Waals surface area contributed by atoms with E-state index in [4.69, 9.17) is 0 Å². The molecule has 2 aliphatic rings. The molecule has 2 fully saturated rings. The summed E-state index contributed by atoms with van der Waals surface area (Å²) in [6.07, 6.45) is 8.22.